The second kappa shape index (κ2) is 3.33. The van der Waals surface area contributed by atoms with E-state index in [4.69, 9.17) is 5.73 Å². The Kier molecular flexibility index (Phi) is 1.96. The van der Waals surface area contributed by atoms with Gasteiger partial charge in [-0.2, -0.15) is 0 Å². The van der Waals surface area contributed by atoms with Gasteiger partial charge in [0.1, 0.15) is 11.6 Å². The minimum absolute atomic E-state index is 0.295. The van der Waals surface area contributed by atoms with Gasteiger partial charge >= 0.3 is 0 Å². The number of nitrogens with two attached hydrogens (primary N) is 1. The standard InChI is InChI=1S/C12H12FN3/c13-8-4-1-5-9-10(8)11(14)7-3-2-6-15-12(7)16-9/h1,4-5H,2-3,6H2,(H3,14,15,16). The number of benzene rings is 1. The van der Waals surface area contributed by atoms with Crippen LogP contribution in [-0.2, 0) is 6.42 Å². The molecule has 1 aliphatic heterocycles. The SMILES string of the molecule is Nc1c2c(nc3cccc(F)c13)NCCC2. The Morgan fingerprint density at radius 1 is 1.38 bits per heavy atom. The molecule has 1 aromatic heterocycles. The van der Waals surface area contributed by atoms with E-state index >= 15 is 0 Å². The van der Waals surface area contributed by atoms with Crippen molar-refractivity contribution in [2.24, 2.45) is 0 Å². The molecule has 82 valence electrons. The molecule has 3 rings (SSSR count). The number of pyridine rings is 1. The van der Waals surface area contributed by atoms with E-state index < -0.39 is 0 Å². The predicted molar refractivity (Wildman–Crippen MR) is 62.9 cm³/mol. The van der Waals surface area contributed by atoms with Crippen molar-refractivity contribution in [1.82, 2.24) is 4.98 Å². The van der Waals surface area contributed by atoms with E-state index in [2.05, 4.69) is 10.3 Å². The highest BCUT2D eigenvalue weighted by Crippen LogP contribution is 2.33. The van der Waals surface area contributed by atoms with E-state index in [1.54, 1.807) is 12.1 Å². The first-order valence-electron chi connectivity index (χ1n) is 5.38. The van der Waals surface area contributed by atoms with Crippen molar-refractivity contribution < 1.29 is 4.39 Å². The number of nitrogens with zero attached hydrogens (tertiary/aromatic N) is 1. The van der Waals surface area contributed by atoms with Gasteiger partial charge in [0.15, 0.2) is 0 Å². The summed E-state index contributed by atoms with van der Waals surface area (Å²) in [4.78, 5) is 4.41. The topological polar surface area (TPSA) is 50.9 Å². The summed E-state index contributed by atoms with van der Waals surface area (Å²) in [7, 11) is 0. The lowest BCUT2D eigenvalue weighted by molar-refractivity contribution is 0.639. The van der Waals surface area contributed by atoms with Gasteiger partial charge in [-0.15, -0.1) is 0 Å². The molecule has 0 bridgehead atoms. The molecule has 0 saturated carbocycles. The fourth-order valence-electron chi connectivity index (χ4n) is 2.21. The van der Waals surface area contributed by atoms with Crippen LogP contribution in [0.2, 0.25) is 0 Å². The van der Waals surface area contributed by atoms with Crippen molar-refractivity contribution >= 4 is 22.4 Å². The van der Waals surface area contributed by atoms with Crippen LogP contribution in [0.4, 0.5) is 15.9 Å². The molecule has 2 heterocycles. The smallest absolute Gasteiger partial charge is 0.134 e. The van der Waals surface area contributed by atoms with Gasteiger partial charge in [0.05, 0.1) is 16.6 Å². The average molecular weight is 217 g/mol. The molecule has 0 atom stereocenters. The number of fused-ring (bicyclic) bond motifs is 2. The fraction of sp³-hybridized carbons (Fsp3) is 0.250. The van der Waals surface area contributed by atoms with Gasteiger partial charge in [-0.25, -0.2) is 9.37 Å². The normalized spacial score (nSPS) is 14.6. The molecule has 16 heavy (non-hydrogen) atoms. The predicted octanol–water partition coefficient (Wildman–Crippen LogP) is 2.31. The third-order valence-corrected chi connectivity index (χ3v) is 3.00. The molecule has 0 fully saturated rings. The lowest BCUT2D eigenvalue weighted by Crippen LogP contribution is -2.15. The summed E-state index contributed by atoms with van der Waals surface area (Å²) < 4.78 is 13.7. The molecule has 0 amide bonds. The third kappa shape index (κ3) is 1.23. The van der Waals surface area contributed by atoms with E-state index in [0.717, 1.165) is 30.8 Å². The van der Waals surface area contributed by atoms with Crippen LogP contribution in [0.1, 0.15) is 12.0 Å². The minimum Gasteiger partial charge on any atom is -0.398 e. The zero-order valence-corrected chi connectivity index (χ0v) is 8.76. The zero-order chi connectivity index (χ0) is 11.1. The number of aromatic nitrogens is 1. The highest BCUT2D eigenvalue weighted by Gasteiger charge is 2.17. The average Bonchev–Trinajstić information content (AvgIpc) is 2.29. The zero-order valence-electron chi connectivity index (χ0n) is 8.76. The molecule has 0 unspecified atom stereocenters. The first-order chi connectivity index (χ1) is 7.77. The summed E-state index contributed by atoms with van der Waals surface area (Å²) in [6.45, 7) is 0.903. The minimum atomic E-state index is -0.295. The second-order valence-corrected chi connectivity index (χ2v) is 4.02. The molecule has 1 aromatic carbocycles. The summed E-state index contributed by atoms with van der Waals surface area (Å²) in [5.74, 6) is 0.512. The van der Waals surface area contributed by atoms with Crippen LogP contribution in [0.5, 0.6) is 0 Å². The summed E-state index contributed by atoms with van der Waals surface area (Å²) in [5, 5.41) is 3.65. The van der Waals surface area contributed by atoms with Crippen LogP contribution in [0.15, 0.2) is 18.2 Å². The summed E-state index contributed by atoms with van der Waals surface area (Å²) in [6, 6.07) is 4.85. The molecular formula is C12H12FN3. The van der Waals surface area contributed by atoms with Crippen molar-refractivity contribution in [3.63, 3.8) is 0 Å². The number of nitrogens with one attached hydrogen (secondary N) is 1. The summed E-state index contributed by atoms with van der Waals surface area (Å²) in [6.07, 6.45) is 1.88. The highest BCUT2D eigenvalue weighted by molar-refractivity contribution is 5.94. The van der Waals surface area contributed by atoms with Crippen molar-refractivity contribution in [3.8, 4) is 0 Å². The largest absolute Gasteiger partial charge is 0.398 e. The van der Waals surface area contributed by atoms with Gasteiger partial charge in [-0.1, -0.05) is 6.07 Å². The molecule has 1 aliphatic rings. The maximum atomic E-state index is 13.7. The summed E-state index contributed by atoms with van der Waals surface area (Å²) >= 11 is 0. The van der Waals surface area contributed by atoms with Crippen LogP contribution in [0.25, 0.3) is 10.9 Å². The molecule has 4 heteroatoms. The van der Waals surface area contributed by atoms with Crippen LogP contribution < -0.4 is 11.1 Å². The number of hydrogen-bond acceptors (Lipinski definition) is 3. The van der Waals surface area contributed by atoms with Crippen LogP contribution in [0, 0.1) is 5.82 Å². The van der Waals surface area contributed by atoms with Crippen LogP contribution >= 0.6 is 0 Å². The number of anilines is 2. The molecule has 0 aliphatic carbocycles. The molecule has 3 N–H and O–H groups in total. The van der Waals surface area contributed by atoms with Gasteiger partial charge < -0.3 is 11.1 Å². The first kappa shape index (κ1) is 9.39. The Balaban J connectivity index is 2.40. The Bertz CT molecular complexity index is 566. The highest BCUT2D eigenvalue weighted by atomic mass is 19.1. The Hall–Kier alpha value is -1.84. The van der Waals surface area contributed by atoms with Gasteiger partial charge in [0.2, 0.25) is 0 Å². The Labute approximate surface area is 92.5 Å². The van der Waals surface area contributed by atoms with E-state index in [1.165, 1.54) is 6.07 Å². The number of hydrogen-bond donors (Lipinski definition) is 2. The lowest BCUT2D eigenvalue weighted by Gasteiger charge is -2.20. The van der Waals surface area contributed by atoms with E-state index in [9.17, 15) is 4.39 Å². The summed E-state index contributed by atoms with van der Waals surface area (Å²) in [5.41, 5.74) is 8.12. The van der Waals surface area contributed by atoms with Crippen LogP contribution in [0.3, 0.4) is 0 Å². The quantitative estimate of drug-likeness (QED) is 0.712. The Morgan fingerprint density at radius 3 is 3.12 bits per heavy atom. The molecule has 0 radical (unpaired) electrons. The molecule has 0 spiro atoms. The number of rotatable bonds is 0. The molecule has 3 nitrogen and oxygen atoms in total. The van der Waals surface area contributed by atoms with Crippen molar-refractivity contribution in [1.29, 1.82) is 0 Å². The van der Waals surface area contributed by atoms with E-state index in [-0.39, 0.29) is 5.82 Å². The first-order valence-corrected chi connectivity index (χ1v) is 5.38. The van der Waals surface area contributed by atoms with Gasteiger partial charge in [-0.05, 0) is 25.0 Å². The van der Waals surface area contributed by atoms with Gasteiger partial charge in [0.25, 0.3) is 0 Å². The van der Waals surface area contributed by atoms with Gasteiger partial charge in [0, 0.05) is 12.1 Å². The Morgan fingerprint density at radius 2 is 2.25 bits per heavy atom. The van der Waals surface area contributed by atoms with Gasteiger partial charge in [-0.3, -0.25) is 0 Å². The second-order valence-electron chi connectivity index (χ2n) is 4.02. The van der Waals surface area contributed by atoms with E-state index in [1.807, 2.05) is 0 Å². The lowest BCUT2D eigenvalue weighted by atomic mass is 10.0. The maximum Gasteiger partial charge on any atom is 0.134 e. The van der Waals surface area contributed by atoms with Crippen molar-refractivity contribution in [3.05, 3.63) is 29.6 Å². The third-order valence-electron chi connectivity index (χ3n) is 3.00. The maximum absolute atomic E-state index is 13.7. The molecule has 0 saturated heterocycles. The molecule has 2 aromatic rings. The number of nitrogen functional groups attached to an aromatic ring is 1. The van der Waals surface area contributed by atoms with E-state index in [0.29, 0.717) is 16.6 Å². The molecular weight excluding hydrogens is 205 g/mol. The monoisotopic (exact) mass is 217 g/mol. The van der Waals surface area contributed by atoms with Crippen LogP contribution in [-0.4, -0.2) is 11.5 Å². The van der Waals surface area contributed by atoms with Crippen molar-refractivity contribution in [2.45, 2.75) is 12.8 Å². The fourth-order valence-corrected chi connectivity index (χ4v) is 2.21. The van der Waals surface area contributed by atoms with Crippen molar-refractivity contribution in [2.75, 3.05) is 17.6 Å². The number of halogens is 1.